The number of thiophene rings is 1. The van der Waals surface area contributed by atoms with Crippen molar-refractivity contribution in [3.05, 3.63) is 28.1 Å². The average Bonchev–Trinajstić information content (AvgIpc) is 3.03. The van der Waals surface area contributed by atoms with Crippen LogP contribution in [-0.4, -0.2) is 33.4 Å². The number of aryl methyl sites for hydroxylation is 1. The third kappa shape index (κ3) is 3.06. The largest absolute Gasteiger partial charge is 0.342 e. The molecule has 1 fully saturated rings. The molecule has 0 aliphatic carbocycles. The predicted molar refractivity (Wildman–Crippen MR) is 88.1 cm³/mol. The van der Waals surface area contributed by atoms with Crippen molar-refractivity contribution in [2.24, 2.45) is 5.92 Å². The average molecular weight is 319 g/mol. The minimum atomic E-state index is -0.0517. The monoisotopic (exact) mass is 319 g/mol. The van der Waals surface area contributed by atoms with Gasteiger partial charge in [0.05, 0.1) is 11.7 Å². The molecule has 5 nitrogen and oxygen atoms in total. The lowest BCUT2D eigenvalue weighted by molar-refractivity contribution is -0.133. The number of carbonyl (C=O) groups is 1. The van der Waals surface area contributed by atoms with Crippen LogP contribution in [0.5, 0.6) is 0 Å². The molecule has 0 bridgehead atoms. The molecule has 6 heteroatoms. The second-order valence-electron chi connectivity index (χ2n) is 5.89. The molecule has 22 heavy (non-hydrogen) atoms. The molecule has 0 spiro atoms. The van der Waals surface area contributed by atoms with E-state index in [4.69, 9.17) is 0 Å². The summed E-state index contributed by atoms with van der Waals surface area (Å²) >= 11 is 1.46. The summed E-state index contributed by atoms with van der Waals surface area (Å²) in [6, 6.07) is 1.80. The van der Waals surface area contributed by atoms with Gasteiger partial charge in [-0.15, -0.1) is 11.3 Å². The molecular weight excluding hydrogens is 298 g/mol. The number of carbonyl (C=O) groups excluding carboxylic acids is 1. The summed E-state index contributed by atoms with van der Waals surface area (Å²) in [5.41, 5.74) is -0.0517. The van der Waals surface area contributed by atoms with E-state index in [-0.39, 0.29) is 11.5 Å². The highest BCUT2D eigenvalue weighted by Gasteiger charge is 2.22. The van der Waals surface area contributed by atoms with Crippen molar-refractivity contribution < 1.29 is 4.79 Å². The maximum absolute atomic E-state index is 12.3. The minimum Gasteiger partial charge on any atom is -0.342 e. The first-order chi connectivity index (χ1) is 10.7. The van der Waals surface area contributed by atoms with Gasteiger partial charge in [-0.1, -0.05) is 13.3 Å². The summed E-state index contributed by atoms with van der Waals surface area (Å²) in [7, 11) is 0. The Morgan fingerprint density at radius 1 is 1.50 bits per heavy atom. The number of fused-ring (bicyclic) bond motifs is 1. The van der Waals surface area contributed by atoms with Crippen LogP contribution in [0, 0.1) is 5.92 Å². The topological polar surface area (TPSA) is 55.2 Å². The molecule has 1 unspecified atom stereocenters. The number of piperidine rings is 1. The van der Waals surface area contributed by atoms with Crippen LogP contribution < -0.4 is 5.56 Å². The number of aromatic nitrogens is 2. The summed E-state index contributed by atoms with van der Waals surface area (Å²) < 4.78 is 1.55. The molecular formula is C16H21N3O2S. The summed E-state index contributed by atoms with van der Waals surface area (Å²) in [5.74, 6) is 0.778. The van der Waals surface area contributed by atoms with Gasteiger partial charge in [-0.3, -0.25) is 14.2 Å². The zero-order chi connectivity index (χ0) is 15.5. The Kier molecular flexibility index (Phi) is 4.57. The van der Waals surface area contributed by atoms with Gasteiger partial charge in [0, 0.05) is 26.1 Å². The Balaban J connectivity index is 1.64. The van der Waals surface area contributed by atoms with E-state index in [2.05, 4.69) is 11.9 Å². The fourth-order valence-corrected chi connectivity index (χ4v) is 3.77. The van der Waals surface area contributed by atoms with Crippen molar-refractivity contribution >= 4 is 27.5 Å². The molecule has 1 saturated heterocycles. The maximum Gasteiger partial charge on any atom is 0.262 e. The van der Waals surface area contributed by atoms with Gasteiger partial charge in [-0.25, -0.2) is 4.98 Å². The molecule has 0 N–H and O–H groups in total. The van der Waals surface area contributed by atoms with E-state index < -0.39 is 0 Å². The van der Waals surface area contributed by atoms with Crippen LogP contribution in [0.4, 0.5) is 0 Å². The number of nitrogens with zero attached hydrogens (tertiary/aromatic N) is 3. The normalized spacial score (nSPS) is 18.8. The molecule has 2 aromatic heterocycles. The molecule has 3 rings (SSSR count). The van der Waals surface area contributed by atoms with E-state index in [1.807, 2.05) is 10.3 Å². The van der Waals surface area contributed by atoms with Crippen LogP contribution in [0.3, 0.4) is 0 Å². The summed E-state index contributed by atoms with van der Waals surface area (Å²) in [5, 5.41) is 2.51. The maximum atomic E-state index is 12.3. The first-order valence-corrected chi connectivity index (χ1v) is 8.77. The predicted octanol–water partition coefficient (Wildman–Crippen LogP) is 2.50. The van der Waals surface area contributed by atoms with Gasteiger partial charge in [0.15, 0.2) is 0 Å². The van der Waals surface area contributed by atoms with Crippen molar-refractivity contribution in [2.75, 3.05) is 13.1 Å². The first kappa shape index (κ1) is 15.2. The number of rotatable bonds is 4. The van der Waals surface area contributed by atoms with Crippen molar-refractivity contribution in [3.63, 3.8) is 0 Å². The zero-order valence-electron chi connectivity index (χ0n) is 12.8. The Bertz CT molecular complexity index is 721. The second kappa shape index (κ2) is 6.60. The third-order valence-electron chi connectivity index (χ3n) is 4.47. The fraction of sp³-hybridized carbons (Fsp3) is 0.562. The Morgan fingerprint density at radius 3 is 3.18 bits per heavy atom. The highest BCUT2D eigenvalue weighted by molar-refractivity contribution is 7.16. The van der Waals surface area contributed by atoms with E-state index >= 15 is 0 Å². The third-order valence-corrected chi connectivity index (χ3v) is 5.29. The van der Waals surface area contributed by atoms with Gasteiger partial charge in [-0.2, -0.15) is 0 Å². The lowest BCUT2D eigenvalue weighted by Crippen LogP contribution is -2.40. The first-order valence-electron chi connectivity index (χ1n) is 7.89. The van der Waals surface area contributed by atoms with E-state index in [0.29, 0.717) is 24.3 Å². The van der Waals surface area contributed by atoms with E-state index in [1.54, 1.807) is 17.0 Å². The molecule has 2 aromatic rings. The van der Waals surface area contributed by atoms with Crippen molar-refractivity contribution in [1.29, 1.82) is 0 Å². The van der Waals surface area contributed by atoms with Gasteiger partial charge in [0.2, 0.25) is 5.91 Å². The van der Waals surface area contributed by atoms with Crippen LogP contribution >= 0.6 is 11.3 Å². The van der Waals surface area contributed by atoms with Crippen LogP contribution in [0.2, 0.25) is 0 Å². The molecule has 3 heterocycles. The molecule has 0 saturated carbocycles. The number of hydrogen-bond acceptors (Lipinski definition) is 4. The molecule has 0 aromatic carbocycles. The molecule has 1 atom stereocenters. The van der Waals surface area contributed by atoms with Crippen LogP contribution in [-0.2, 0) is 11.3 Å². The molecule has 0 radical (unpaired) electrons. The van der Waals surface area contributed by atoms with Crippen molar-refractivity contribution in [2.45, 2.75) is 39.2 Å². The van der Waals surface area contributed by atoms with Crippen molar-refractivity contribution in [1.82, 2.24) is 14.5 Å². The Hall–Kier alpha value is -1.69. The smallest absolute Gasteiger partial charge is 0.262 e. The highest BCUT2D eigenvalue weighted by atomic mass is 32.1. The van der Waals surface area contributed by atoms with Crippen LogP contribution in [0.1, 0.15) is 32.6 Å². The molecule has 118 valence electrons. The second-order valence-corrected chi connectivity index (χ2v) is 6.78. The van der Waals surface area contributed by atoms with E-state index in [9.17, 15) is 9.59 Å². The van der Waals surface area contributed by atoms with Gasteiger partial charge < -0.3 is 4.90 Å². The lowest BCUT2D eigenvalue weighted by atomic mass is 9.95. The van der Waals surface area contributed by atoms with Gasteiger partial charge in [0.1, 0.15) is 4.83 Å². The standard InChI is InChI=1S/C16H21N3O2S/c1-2-12-4-3-7-18(10-12)14(20)5-8-19-11-17-15-13(16(19)21)6-9-22-15/h6,9,11-12H,2-5,7-8,10H2,1H3. The molecule has 1 aliphatic heterocycles. The summed E-state index contributed by atoms with van der Waals surface area (Å²) in [6.07, 6.45) is 5.36. The molecule has 1 amide bonds. The highest BCUT2D eigenvalue weighted by Crippen LogP contribution is 2.19. The van der Waals surface area contributed by atoms with E-state index in [0.717, 1.165) is 30.8 Å². The number of hydrogen-bond donors (Lipinski definition) is 0. The van der Waals surface area contributed by atoms with Crippen LogP contribution in [0.25, 0.3) is 10.2 Å². The summed E-state index contributed by atoms with van der Waals surface area (Å²) in [6.45, 7) is 4.31. The Morgan fingerprint density at radius 2 is 2.36 bits per heavy atom. The quantitative estimate of drug-likeness (QED) is 0.870. The zero-order valence-corrected chi connectivity index (χ0v) is 13.6. The number of likely N-dealkylation sites (tertiary alicyclic amines) is 1. The Labute approximate surface area is 133 Å². The molecule has 1 aliphatic rings. The fourth-order valence-electron chi connectivity index (χ4n) is 3.05. The van der Waals surface area contributed by atoms with Gasteiger partial charge in [0.25, 0.3) is 5.56 Å². The minimum absolute atomic E-state index is 0.0517. The van der Waals surface area contributed by atoms with Gasteiger partial charge in [-0.05, 0) is 30.2 Å². The summed E-state index contributed by atoms with van der Waals surface area (Å²) in [4.78, 5) is 31.6. The van der Waals surface area contributed by atoms with E-state index in [1.165, 1.54) is 17.8 Å². The number of amides is 1. The van der Waals surface area contributed by atoms with Crippen molar-refractivity contribution in [3.8, 4) is 0 Å². The van der Waals surface area contributed by atoms with Gasteiger partial charge >= 0.3 is 0 Å². The SMILES string of the molecule is CCC1CCCN(C(=O)CCn2cnc3sccc3c2=O)C1. The van der Waals surface area contributed by atoms with Crippen LogP contribution in [0.15, 0.2) is 22.6 Å². The lowest BCUT2D eigenvalue weighted by Gasteiger charge is -2.32.